The summed E-state index contributed by atoms with van der Waals surface area (Å²) >= 11 is 0. The van der Waals surface area contributed by atoms with Gasteiger partial charge in [-0.2, -0.15) is 4.39 Å². The number of benzene rings is 2. The van der Waals surface area contributed by atoms with E-state index in [1.54, 1.807) is 0 Å². The summed E-state index contributed by atoms with van der Waals surface area (Å²) in [4.78, 5) is 21.5. The van der Waals surface area contributed by atoms with Gasteiger partial charge in [0.1, 0.15) is 5.82 Å². The first-order chi connectivity index (χ1) is 9.88. The molecule has 0 bridgehead atoms. The fraction of sp³-hybridized carbons (Fsp3) is 0.0714. The lowest BCUT2D eigenvalue weighted by Crippen LogP contribution is -2.12. The molecular formula is C14H10F2N2O3. The summed E-state index contributed by atoms with van der Waals surface area (Å²) in [5.41, 5.74) is -0.0791. The fourth-order valence-electron chi connectivity index (χ4n) is 1.72. The van der Waals surface area contributed by atoms with Gasteiger partial charge in [-0.15, -0.1) is 0 Å². The largest absolute Gasteiger partial charge is 0.322 e. The molecule has 0 heterocycles. The molecule has 0 radical (unpaired) electrons. The normalized spacial score (nSPS) is 10.2. The number of rotatable bonds is 3. The van der Waals surface area contributed by atoms with Crippen molar-refractivity contribution in [3.05, 3.63) is 69.3 Å². The molecule has 0 aromatic heterocycles. The van der Waals surface area contributed by atoms with E-state index < -0.39 is 28.2 Å². The minimum Gasteiger partial charge on any atom is -0.322 e. The number of nitro groups is 1. The summed E-state index contributed by atoms with van der Waals surface area (Å²) in [6.45, 7) is 1.54. The molecule has 0 fully saturated rings. The van der Waals surface area contributed by atoms with Crippen LogP contribution in [0.25, 0.3) is 0 Å². The molecule has 0 aliphatic rings. The maximum absolute atomic E-state index is 13.4. The van der Waals surface area contributed by atoms with Crippen molar-refractivity contribution < 1.29 is 18.5 Å². The van der Waals surface area contributed by atoms with Gasteiger partial charge in [-0.05, 0) is 42.8 Å². The molecule has 1 N–H and O–H groups in total. The zero-order valence-electron chi connectivity index (χ0n) is 10.9. The lowest BCUT2D eigenvalue weighted by molar-refractivity contribution is -0.387. The Morgan fingerprint density at radius 2 is 1.86 bits per heavy atom. The number of anilines is 1. The van der Waals surface area contributed by atoms with Crippen LogP contribution in [0.1, 0.15) is 15.9 Å². The number of nitrogens with zero attached hydrogens (tertiary/aromatic N) is 1. The van der Waals surface area contributed by atoms with Crippen LogP contribution in [-0.2, 0) is 0 Å². The summed E-state index contributed by atoms with van der Waals surface area (Å²) in [5.74, 6) is -2.15. The fourth-order valence-corrected chi connectivity index (χ4v) is 1.72. The lowest BCUT2D eigenvalue weighted by atomic mass is 10.1. The Balaban J connectivity index is 2.22. The molecule has 0 aliphatic carbocycles. The maximum Gasteiger partial charge on any atom is 0.304 e. The molecule has 7 heteroatoms. The Morgan fingerprint density at radius 1 is 1.14 bits per heavy atom. The summed E-state index contributed by atoms with van der Waals surface area (Å²) < 4.78 is 26.6. The van der Waals surface area contributed by atoms with Crippen molar-refractivity contribution in [2.45, 2.75) is 6.92 Å². The standard InChI is InChI=1S/C14H10F2N2O3/c1-8-6-10(3-4-11(8)15)17-14(19)9-2-5-13(18(20)21)12(16)7-9/h2-7H,1H3,(H,17,19). The average molecular weight is 292 g/mol. The third kappa shape index (κ3) is 3.19. The van der Waals surface area contributed by atoms with E-state index in [4.69, 9.17) is 0 Å². The third-order valence-electron chi connectivity index (χ3n) is 2.82. The number of carbonyl (C=O) groups excluding carboxylic acids is 1. The molecule has 0 unspecified atom stereocenters. The van der Waals surface area contributed by atoms with Gasteiger partial charge in [0.05, 0.1) is 4.92 Å². The molecule has 2 aromatic rings. The van der Waals surface area contributed by atoms with Gasteiger partial charge in [0.25, 0.3) is 5.91 Å². The molecule has 0 spiro atoms. The predicted molar refractivity (Wildman–Crippen MR) is 72.1 cm³/mol. The van der Waals surface area contributed by atoms with Crippen LogP contribution in [0.15, 0.2) is 36.4 Å². The van der Waals surface area contributed by atoms with E-state index in [0.717, 1.165) is 18.2 Å². The number of halogens is 2. The molecule has 21 heavy (non-hydrogen) atoms. The highest BCUT2D eigenvalue weighted by Gasteiger charge is 2.16. The van der Waals surface area contributed by atoms with Crippen molar-refractivity contribution in [2.75, 3.05) is 5.32 Å². The summed E-state index contributed by atoms with van der Waals surface area (Å²) in [6, 6.07) is 6.83. The van der Waals surface area contributed by atoms with Crippen LogP contribution in [0.2, 0.25) is 0 Å². The second-order valence-corrected chi connectivity index (χ2v) is 4.34. The number of aryl methyl sites for hydroxylation is 1. The molecule has 0 saturated heterocycles. The van der Waals surface area contributed by atoms with Crippen molar-refractivity contribution in [2.24, 2.45) is 0 Å². The van der Waals surface area contributed by atoms with Crippen molar-refractivity contribution >= 4 is 17.3 Å². The topological polar surface area (TPSA) is 72.2 Å². The van der Waals surface area contributed by atoms with Gasteiger partial charge in [0, 0.05) is 17.3 Å². The number of hydrogen-bond acceptors (Lipinski definition) is 3. The van der Waals surface area contributed by atoms with Crippen molar-refractivity contribution in [3.63, 3.8) is 0 Å². The zero-order chi connectivity index (χ0) is 15.6. The minimum absolute atomic E-state index is 0.0694. The highest BCUT2D eigenvalue weighted by Crippen LogP contribution is 2.19. The SMILES string of the molecule is Cc1cc(NC(=O)c2ccc([N+](=O)[O-])c(F)c2)ccc1F. The average Bonchev–Trinajstić information content (AvgIpc) is 2.42. The molecule has 0 atom stereocenters. The van der Waals surface area contributed by atoms with Crippen LogP contribution in [-0.4, -0.2) is 10.8 Å². The second-order valence-electron chi connectivity index (χ2n) is 4.34. The van der Waals surface area contributed by atoms with Crippen molar-refractivity contribution in [3.8, 4) is 0 Å². The van der Waals surface area contributed by atoms with Crippen LogP contribution < -0.4 is 5.32 Å². The first-order valence-electron chi connectivity index (χ1n) is 5.90. The lowest BCUT2D eigenvalue weighted by Gasteiger charge is -2.07. The van der Waals surface area contributed by atoms with Gasteiger partial charge in [0.15, 0.2) is 0 Å². The quantitative estimate of drug-likeness (QED) is 0.695. The van der Waals surface area contributed by atoms with Crippen LogP contribution in [0, 0.1) is 28.7 Å². The number of amides is 1. The molecule has 0 aliphatic heterocycles. The van der Waals surface area contributed by atoms with Crippen LogP contribution in [0.4, 0.5) is 20.2 Å². The Labute approximate surface area is 118 Å². The van der Waals surface area contributed by atoms with Gasteiger partial charge >= 0.3 is 5.69 Å². The summed E-state index contributed by atoms with van der Waals surface area (Å²) in [6.07, 6.45) is 0. The smallest absolute Gasteiger partial charge is 0.304 e. The number of nitro benzene ring substituents is 1. The first-order valence-corrected chi connectivity index (χ1v) is 5.90. The first kappa shape index (κ1) is 14.6. The number of hydrogen-bond donors (Lipinski definition) is 1. The second kappa shape index (κ2) is 5.66. The van der Waals surface area contributed by atoms with E-state index in [-0.39, 0.29) is 5.56 Å². The van der Waals surface area contributed by atoms with Gasteiger partial charge in [-0.25, -0.2) is 4.39 Å². The van der Waals surface area contributed by atoms with E-state index in [1.807, 2.05) is 0 Å². The third-order valence-corrected chi connectivity index (χ3v) is 2.82. The number of carbonyl (C=O) groups is 1. The molecule has 2 rings (SSSR count). The van der Waals surface area contributed by atoms with Gasteiger partial charge in [-0.1, -0.05) is 0 Å². The van der Waals surface area contributed by atoms with Gasteiger partial charge in [0.2, 0.25) is 5.82 Å². The molecule has 1 amide bonds. The summed E-state index contributed by atoms with van der Waals surface area (Å²) in [7, 11) is 0. The van der Waals surface area contributed by atoms with Gasteiger partial charge in [-0.3, -0.25) is 14.9 Å². The zero-order valence-corrected chi connectivity index (χ0v) is 10.9. The molecule has 0 saturated carbocycles. The maximum atomic E-state index is 13.4. The molecule has 2 aromatic carbocycles. The Morgan fingerprint density at radius 3 is 2.43 bits per heavy atom. The highest BCUT2D eigenvalue weighted by molar-refractivity contribution is 6.04. The van der Waals surface area contributed by atoms with E-state index in [1.165, 1.54) is 25.1 Å². The predicted octanol–water partition coefficient (Wildman–Crippen LogP) is 3.43. The van der Waals surface area contributed by atoms with E-state index in [0.29, 0.717) is 11.3 Å². The van der Waals surface area contributed by atoms with E-state index >= 15 is 0 Å². The van der Waals surface area contributed by atoms with E-state index in [9.17, 15) is 23.7 Å². The molecule has 108 valence electrons. The van der Waals surface area contributed by atoms with Crippen LogP contribution >= 0.6 is 0 Å². The molecule has 5 nitrogen and oxygen atoms in total. The minimum atomic E-state index is -1.09. The number of nitrogens with one attached hydrogen (secondary N) is 1. The van der Waals surface area contributed by atoms with Crippen LogP contribution in [0.5, 0.6) is 0 Å². The Kier molecular flexibility index (Phi) is 3.93. The van der Waals surface area contributed by atoms with Gasteiger partial charge < -0.3 is 5.32 Å². The summed E-state index contributed by atoms with van der Waals surface area (Å²) in [5, 5.41) is 13.0. The highest BCUT2D eigenvalue weighted by atomic mass is 19.1. The Bertz CT molecular complexity index is 732. The van der Waals surface area contributed by atoms with E-state index in [2.05, 4.69) is 5.32 Å². The van der Waals surface area contributed by atoms with Crippen molar-refractivity contribution in [1.82, 2.24) is 0 Å². The monoisotopic (exact) mass is 292 g/mol. The van der Waals surface area contributed by atoms with Crippen molar-refractivity contribution in [1.29, 1.82) is 0 Å². The molecular weight excluding hydrogens is 282 g/mol. The van der Waals surface area contributed by atoms with Crippen LogP contribution in [0.3, 0.4) is 0 Å². The Hall–Kier alpha value is -2.83.